The number of rotatable bonds is 7. The van der Waals surface area contributed by atoms with E-state index in [-0.39, 0.29) is 30.8 Å². The summed E-state index contributed by atoms with van der Waals surface area (Å²) in [6, 6.07) is 13.6. The Morgan fingerprint density at radius 1 is 1.03 bits per heavy atom. The zero-order chi connectivity index (χ0) is 28.2. The van der Waals surface area contributed by atoms with Crippen molar-refractivity contribution < 1.29 is 23.9 Å². The van der Waals surface area contributed by atoms with Gasteiger partial charge in [-0.1, -0.05) is 48.0 Å². The van der Waals surface area contributed by atoms with Gasteiger partial charge in [0.05, 0.1) is 24.5 Å². The predicted octanol–water partition coefficient (Wildman–Crippen LogP) is 3.62. The normalized spacial score (nSPS) is 28.9. The van der Waals surface area contributed by atoms with Gasteiger partial charge in [0.2, 0.25) is 17.7 Å². The second-order valence-corrected chi connectivity index (χ2v) is 12.2. The Kier molecular flexibility index (Phi) is 6.75. The number of nitrogens with one attached hydrogen (secondary N) is 2. The van der Waals surface area contributed by atoms with Crippen LogP contribution < -0.4 is 15.4 Å². The van der Waals surface area contributed by atoms with Gasteiger partial charge in [-0.25, -0.2) is 0 Å². The maximum absolute atomic E-state index is 14.1. The maximum Gasteiger partial charge on any atom is 0.246 e. The second-order valence-electron chi connectivity index (χ2n) is 11.7. The molecular weight excluding hydrogens is 518 g/mol. The fourth-order valence-corrected chi connectivity index (χ4v) is 6.19. The number of carbonyl (C=O) groups excluding carboxylic acids is 3. The predicted molar refractivity (Wildman–Crippen MR) is 147 cm³/mol. The minimum Gasteiger partial charge on any atom is -0.497 e. The lowest BCUT2D eigenvalue weighted by Crippen LogP contribution is -2.57. The van der Waals surface area contributed by atoms with Crippen molar-refractivity contribution in [2.24, 2.45) is 11.8 Å². The number of hydrogen-bond acceptors (Lipinski definition) is 5. The highest BCUT2D eigenvalue weighted by Gasteiger charge is 2.76. The molecule has 0 saturated carbocycles. The molecule has 2 aromatic carbocycles. The molecule has 1 spiro atoms. The molecule has 3 amide bonds. The summed E-state index contributed by atoms with van der Waals surface area (Å²) in [7, 11) is 1.60. The smallest absolute Gasteiger partial charge is 0.246 e. The molecule has 2 aromatic rings. The van der Waals surface area contributed by atoms with E-state index in [0.717, 1.165) is 16.9 Å². The molecule has 3 aliphatic rings. The SMILES string of the molecule is COc1ccc(CNC(=O)[C@@H]2[C@H]3C(=O)N(Cc4ccc(Cl)cc4)[C@H](C(=O)NC(C)(C)C)[C@@]34C=C[C@@]2(C)O4)cc1. The molecule has 5 rings (SSSR count). The number of likely N-dealkylation sites (tertiary alicyclic amines) is 1. The van der Waals surface area contributed by atoms with Gasteiger partial charge in [0.1, 0.15) is 17.4 Å². The van der Waals surface area contributed by atoms with Gasteiger partial charge in [0.25, 0.3) is 0 Å². The third-order valence-corrected chi connectivity index (χ3v) is 7.97. The first-order valence-corrected chi connectivity index (χ1v) is 13.4. The Bertz CT molecular complexity index is 1320. The number of carbonyl (C=O) groups is 3. The molecule has 2 saturated heterocycles. The van der Waals surface area contributed by atoms with Crippen LogP contribution in [0.1, 0.15) is 38.8 Å². The highest BCUT2D eigenvalue weighted by molar-refractivity contribution is 6.30. The topological polar surface area (TPSA) is 97.0 Å². The van der Waals surface area contributed by atoms with Crippen LogP contribution in [0.2, 0.25) is 5.02 Å². The Morgan fingerprint density at radius 2 is 1.67 bits per heavy atom. The van der Waals surface area contributed by atoms with Crippen molar-refractivity contribution in [2.45, 2.75) is 63.6 Å². The van der Waals surface area contributed by atoms with E-state index in [9.17, 15) is 14.4 Å². The number of hydrogen-bond donors (Lipinski definition) is 2. The second kappa shape index (κ2) is 9.68. The van der Waals surface area contributed by atoms with Crippen LogP contribution in [0.25, 0.3) is 0 Å². The molecule has 8 nitrogen and oxygen atoms in total. The average molecular weight is 552 g/mol. The molecule has 3 heterocycles. The molecule has 2 bridgehead atoms. The summed E-state index contributed by atoms with van der Waals surface area (Å²) in [5.74, 6) is -1.80. The van der Waals surface area contributed by atoms with Crippen LogP contribution >= 0.6 is 11.6 Å². The van der Waals surface area contributed by atoms with Crippen molar-refractivity contribution in [1.82, 2.24) is 15.5 Å². The van der Waals surface area contributed by atoms with Crippen molar-refractivity contribution in [1.29, 1.82) is 0 Å². The summed E-state index contributed by atoms with van der Waals surface area (Å²) < 4.78 is 11.8. The summed E-state index contributed by atoms with van der Waals surface area (Å²) in [5.41, 5.74) is -1.08. The number of halogens is 1. The van der Waals surface area contributed by atoms with Gasteiger partial charge in [-0.05, 0) is 63.1 Å². The van der Waals surface area contributed by atoms with E-state index in [4.69, 9.17) is 21.1 Å². The van der Waals surface area contributed by atoms with E-state index in [1.54, 1.807) is 24.1 Å². The number of amides is 3. The summed E-state index contributed by atoms with van der Waals surface area (Å²) in [4.78, 5) is 43.2. The van der Waals surface area contributed by atoms with E-state index >= 15 is 0 Å². The Hall–Kier alpha value is -3.36. The van der Waals surface area contributed by atoms with E-state index in [1.807, 2.05) is 76.2 Å². The first-order chi connectivity index (χ1) is 18.4. The summed E-state index contributed by atoms with van der Waals surface area (Å²) in [5, 5.41) is 6.60. The van der Waals surface area contributed by atoms with Crippen LogP contribution in [-0.2, 0) is 32.2 Å². The Labute approximate surface area is 233 Å². The third kappa shape index (κ3) is 4.80. The van der Waals surface area contributed by atoms with Gasteiger partial charge in [0.15, 0.2) is 0 Å². The van der Waals surface area contributed by atoms with E-state index < -0.39 is 34.6 Å². The number of methoxy groups -OCH3 is 1. The van der Waals surface area contributed by atoms with Crippen LogP contribution in [0, 0.1) is 11.8 Å². The molecule has 9 heteroatoms. The molecule has 0 unspecified atom stereocenters. The van der Waals surface area contributed by atoms with Crippen molar-refractivity contribution in [3.63, 3.8) is 0 Å². The summed E-state index contributed by atoms with van der Waals surface area (Å²) in [6.07, 6.45) is 3.65. The van der Waals surface area contributed by atoms with E-state index in [2.05, 4.69) is 10.6 Å². The quantitative estimate of drug-likeness (QED) is 0.512. The highest BCUT2D eigenvalue weighted by atomic mass is 35.5. The van der Waals surface area contributed by atoms with Crippen LogP contribution in [0.3, 0.4) is 0 Å². The number of nitrogens with zero attached hydrogens (tertiary/aromatic N) is 1. The third-order valence-electron chi connectivity index (χ3n) is 7.72. The standard InChI is InChI=1S/C30H34ClN3O5/c1-28(2,3)33-26(36)24-30-15-14-29(4,39-30)22(25(35)32-16-18-8-12-21(38-5)13-9-18)23(30)27(37)34(24)17-19-6-10-20(31)11-7-19/h6-15,22-24H,16-17H2,1-5H3,(H,32,35)(H,33,36)/t22-,23-,24+,29+,30+/m0/s1. The van der Waals surface area contributed by atoms with Crippen molar-refractivity contribution in [3.05, 3.63) is 76.8 Å². The summed E-state index contributed by atoms with van der Waals surface area (Å²) in [6.45, 7) is 7.95. The fraction of sp³-hybridized carbons (Fsp3) is 0.433. The molecule has 0 radical (unpaired) electrons. The largest absolute Gasteiger partial charge is 0.497 e. The minimum atomic E-state index is -1.25. The molecule has 3 aliphatic heterocycles. The lowest BCUT2D eigenvalue weighted by atomic mass is 9.70. The van der Waals surface area contributed by atoms with Crippen LogP contribution in [0.4, 0.5) is 0 Å². The van der Waals surface area contributed by atoms with Gasteiger partial charge in [-0.2, -0.15) is 0 Å². The minimum absolute atomic E-state index is 0.185. The molecular formula is C30H34ClN3O5. The molecule has 206 valence electrons. The average Bonchev–Trinajstić information content (AvgIpc) is 3.44. The number of ether oxygens (including phenoxy) is 2. The Balaban J connectivity index is 1.46. The fourth-order valence-electron chi connectivity index (χ4n) is 6.07. The van der Waals surface area contributed by atoms with E-state index in [0.29, 0.717) is 5.02 Å². The molecule has 0 aromatic heterocycles. The molecule has 2 N–H and O–H groups in total. The van der Waals surface area contributed by atoms with Gasteiger partial charge < -0.3 is 25.0 Å². The highest BCUT2D eigenvalue weighted by Crippen LogP contribution is 2.59. The molecule has 0 aliphatic carbocycles. The van der Waals surface area contributed by atoms with Crippen molar-refractivity contribution >= 4 is 29.3 Å². The van der Waals surface area contributed by atoms with Crippen LogP contribution in [0.15, 0.2) is 60.7 Å². The first kappa shape index (κ1) is 27.2. The number of fused-ring (bicyclic) bond motifs is 1. The van der Waals surface area contributed by atoms with Crippen molar-refractivity contribution in [2.75, 3.05) is 7.11 Å². The zero-order valence-electron chi connectivity index (χ0n) is 22.8. The monoisotopic (exact) mass is 551 g/mol. The van der Waals surface area contributed by atoms with Gasteiger partial charge in [-0.15, -0.1) is 0 Å². The van der Waals surface area contributed by atoms with Gasteiger partial charge in [0, 0.05) is 23.7 Å². The van der Waals surface area contributed by atoms with Crippen molar-refractivity contribution in [3.8, 4) is 5.75 Å². The lowest BCUT2D eigenvalue weighted by molar-refractivity contribution is -0.146. The van der Waals surface area contributed by atoms with Gasteiger partial charge >= 0.3 is 0 Å². The lowest BCUT2D eigenvalue weighted by Gasteiger charge is -2.35. The maximum atomic E-state index is 14.1. The molecule has 2 fully saturated rings. The van der Waals surface area contributed by atoms with Crippen LogP contribution in [-0.4, -0.2) is 52.5 Å². The first-order valence-electron chi connectivity index (χ1n) is 13.0. The molecule has 5 atom stereocenters. The van der Waals surface area contributed by atoms with Crippen LogP contribution in [0.5, 0.6) is 5.75 Å². The van der Waals surface area contributed by atoms with Gasteiger partial charge in [-0.3, -0.25) is 14.4 Å². The summed E-state index contributed by atoms with van der Waals surface area (Å²) >= 11 is 6.07. The zero-order valence-corrected chi connectivity index (χ0v) is 23.5. The molecule has 39 heavy (non-hydrogen) atoms. The number of benzene rings is 2. The Morgan fingerprint density at radius 3 is 2.28 bits per heavy atom. The van der Waals surface area contributed by atoms with E-state index in [1.165, 1.54) is 0 Å².